The molecular formula is C21H29NO5S. The Morgan fingerprint density at radius 3 is 2.61 bits per heavy atom. The molecule has 0 aromatic heterocycles. The van der Waals surface area contributed by atoms with Crippen LogP contribution in [-0.4, -0.2) is 45.3 Å². The Kier molecular flexibility index (Phi) is 9.40. The molecule has 0 heterocycles. The largest absolute Gasteiger partial charge is 0.481 e. The molecule has 7 heteroatoms. The molecule has 1 aromatic carbocycles. The lowest BCUT2D eigenvalue weighted by Crippen LogP contribution is -2.31. The summed E-state index contributed by atoms with van der Waals surface area (Å²) in [5, 5.41) is 32.5. The number of hydrogen-bond donors (Lipinski definition) is 4. The number of carboxylic acid groups (broad SMARTS) is 1. The highest BCUT2D eigenvalue weighted by Gasteiger charge is 2.41. The van der Waals surface area contributed by atoms with E-state index in [4.69, 9.17) is 22.1 Å². The van der Waals surface area contributed by atoms with Gasteiger partial charge in [0.05, 0.1) is 18.8 Å². The zero-order valence-corrected chi connectivity index (χ0v) is 16.7. The summed E-state index contributed by atoms with van der Waals surface area (Å²) < 4.78 is 5.63. The fraction of sp³-hybridized carbons (Fsp3) is 0.524. The lowest BCUT2D eigenvalue weighted by Gasteiger charge is -2.23. The number of ether oxygens (including phenoxy) is 1. The van der Waals surface area contributed by atoms with Crippen LogP contribution in [0.15, 0.2) is 42.5 Å². The van der Waals surface area contributed by atoms with E-state index in [1.54, 1.807) is 0 Å². The van der Waals surface area contributed by atoms with Crippen molar-refractivity contribution in [3.63, 3.8) is 0 Å². The lowest BCUT2D eigenvalue weighted by molar-refractivity contribution is -0.137. The Bertz CT molecular complexity index is 651. The highest BCUT2D eigenvalue weighted by atomic mass is 32.1. The van der Waals surface area contributed by atoms with Crippen molar-refractivity contribution in [1.82, 2.24) is 5.32 Å². The van der Waals surface area contributed by atoms with Gasteiger partial charge < -0.3 is 25.4 Å². The van der Waals surface area contributed by atoms with Gasteiger partial charge in [-0.2, -0.15) is 0 Å². The molecule has 4 N–H and O–H groups in total. The van der Waals surface area contributed by atoms with Crippen LogP contribution in [0.1, 0.15) is 37.7 Å². The fourth-order valence-electron chi connectivity index (χ4n) is 3.47. The van der Waals surface area contributed by atoms with E-state index in [-0.39, 0.29) is 30.0 Å². The van der Waals surface area contributed by atoms with Crippen molar-refractivity contribution >= 4 is 23.4 Å². The van der Waals surface area contributed by atoms with E-state index in [9.17, 15) is 15.0 Å². The second-order valence-electron chi connectivity index (χ2n) is 7.13. The first-order valence-electron chi connectivity index (χ1n) is 9.65. The van der Waals surface area contributed by atoms with Gasteiger partial charge in [0.25, 0.3) is 5.17 Å². The number of aliphatic hydroxyl groups excluding tert-OH is 2. The third kappa shape index (κ3) is 7.58. The molecule has 0 saturated heterocycles. The van der Waals surface area contributed by atoms with Crippen molar-refractivity contribution in [2.24, 2.45) is 11.8 Å². The van der Waals surface area contributed by atoms with Crippen LogP contribution in [0, 0.1) is 11.8 Å². The van der Waals surface area contributed by atoms with Crippen molar-refractivity contribution < 1.29 is 24.9 Å². The van der Waals surface area contributed by atoms with Gasteiger partial charge in [-0.05, 0) is 49.4 Å². The molecular weight excluding hydrogens is 378 g/mol. The minimum atomic E-state index is -0.795. The predicted octanol–water partition coefficient (Wildman–Crippen LogP) is 2.64. The molecule has 28 heavy (non-hydrogen) atoms. The number of unbranched alkanes of at least 4 members (excludes halogenated alkanes) is 1. The van der Waals surface area contributed by atoms with Crippen LogP contribution in [0.3, 0.4) is 0 Å². The van der Waals surface area contributed by atoms with Crippen molar-refractivity contribution in [2.75, 3.05) is 6.61 Å². The van der Waals surface area contributed by atoms with Gasteiger partial charge in [-0.1, -0.05) is 42.5 Å². The van der Waals surface area contributed by atoms with Crippen LogP contribution in [0.25, 0.3) is 0 Å². The third-order valence-electron chi connectivity index (χ3n) is 5.04. The van der Waals surface area contributed by atoms with Crippen LogP contribution >= 0.6 is 12.2 Å². The molecule has 0 spiro atoms. The first-order chi connectivity index (χ1) is 13.5. The maximum atomic E-state index is 10.5. The Labute approximate surface area is 171 Å². The topological polar surface area (TPSA) is 99.0 Å². The maximum absolute atomic E-state index is 10.5. The number of hydrogen-bond acceptors (Lipinski definition) is 5. The standard InChI is InChI=1S/C21H29NO5S/c23-18-12-19(24)17(16(18)10-6-1-2-7-11-20(25)26)14-27-21(28)22-13-15-8-4-3-5-9-15/h1,3-6,8-9,16-19,23-24H,2,7,10-14H2,(H,22,28)(H,25,26)/t16-,17-,18+,19-/m1/s1. The SMILES string of the molecule is O=C(O)CCCC=CC[C@@H]1[C@@H](COC(=S)NCc2ccccc2)[C@H](O)C[C@@H]1O. The molecule has 1 aliphatic carbocycles. The Morgan fingerprint density at radius 1 is 1.18 bits per heavy atom. The number of benzene rings is 1. The number of carboxylic acids is 1. The molecule has 154 valence electrons. The molecule has 1 aliphatic rings. The number of aliphatic carboxylic acids is 1. The van der Waals surface area contributed by atoms with Gasteiger partial charge >= 0.3 is 5.97 Å². The Morgan fingerprint density at radius 2 is 1.89 bits per heavy atom. The van der Waals surface area contributed by atoms with Crippen LogP contribution in [0.2, 0.25) is 0 Å². The van der Waals surface area contributed by atoms with E-state index < -0.39 is 18.2 Å². The van der Waals surface area contributed by atoms with Gasteiger partial charge in [0.15, 0.2) is 0 Å². The minimum absolute atomic E-state index is 0.109. The normalized spacial score (nSPS) is 24.4. The molecule has 6 nitrogen and oxygen atoms in total. The second kappa shape index (κ2) is 11.8. The molecule has 1 fully saturated rings. The summed E-state index contributed by atoms with van der Waals surface area (Å²) >= 11 is 5.21. The van der Waals surface area contributed by atoms with Gasteiger partial charge in [-0.25, -0.2) is 0 Å². The zero-order chi connectivity index (χ0) is 20.4. The van der Waals surface area contributed by atoms with Gasteiger partial charge in [0.2, 0.25) is 0 Å². The summed E-state index contributed by atoms with van der Waals surface area (Å²) in [6, 6.07) is 9.84. The first kappa shape index (κ1) is 22.3. The third-order valence-corrected chi connectivity index (χ3v) is 5.31. The average molecular weight is 408 g/mol. The quantitative estimate of drug-likeness (QED) is 0.269. The van der Waals surface area contributed by atoms with Crippen LogP contribution in [-0.2, 0) is 16.1 Å². The number of aliphatic hydroxyl groups is 2. The van der Waals surface area contributed by atoms with E-state index in [0.717, 1.165) is 5.56 Å². The molecule has 0 bridgehead atoms. The molecule has 0 unspecified atom stereocenters. The number of rotatable bonds is 10. The second-order valence-corrected chi connectivity index (χ2v) is 7.50. The van der Waals surface area contributed by atoms with Crippen molar-refractivity contribution in [3.8, 4) is 0 Å². The minimum Gasteiger partial charge on any atom is -0.481 e. The van der Waals surface area contributed by atoms with Crippen LogP contribution in [0.5, 0.6) is 0 Å². The van der Waals surface area contributed by atoms with E-state index >= 15 is 0 Å². The van der Waals surface area contributed by atoms with E-state index in [0.29, 0.717) is 32.2 Å². The summed E-state index contributed by atoms with van der Waals surface area (Å²) in [6.45, 7) is 0.814. The highest BCUT2D eigenvalue weighted by Crippen LogP contribution is 2.35. The summed E-state index contributed by atoms with van der Waals surface area (Å²) in [7, 11) is 0. The fourth-order valence-corrected chi connectivity index (χ4v) is 3.61. The van der Waals surface area contributed by atoms with E-state index in [1.165, 1.54) is 0 Å². The Balaban J connectivity index is 1.75. The van der Waals surface area contributed by atoms with Crippen LogP contribution < -0.4 is 5.32 Å². The summed E-state index contributed by atoms with van der Waals surface area (Å²) in [4.78, 5) is 10.5. The molecule has 0 radical (unpaired) electrons. The van der Waals surface area contributed by atoms with Crippen molar-refractivity contribution in [2.45, 2.75) is 50.9 Å². The summed E-state index contributed by atoms with van der Waals surface area (Å²) in [5.41, 5.74) is 1.09. The number of nitrogens with one attached hydrogen (secondary N) is 1. The zero-order valence-electron chi connectivity index (χ0n) is 15.9. The number of carbonyl (C=O) groups is 1. The Hall–Kier alpha value is -1.96. The van der Waals surface area contributed by atoms with Gasteiger partial charge in [-0.3, -0.25) is 4.79 Å². The lowest BCUT2D eigenvalue weighted by atomic mass is 9.91. The molecule has 0 amide bonds. The predicted molar refractivity (Wildman–Crippen MR) is 111 cm³/mol. The van der Waals surface area contributed by atoms with E-state index in [2.05, 4.69) is 5.32 Å². The van der Waals surface area contributed by atoms with E-state index in [1.807, 2.05) is 42.5 Å². The molecule has 1 saturated carbocycles. The highest BCUT2D eigenvalue weighted by molar-refractivity contribution is 7.80. The molecule has 2 rings (SSSR count). The summed E-state index contributed by atoms with van der Waals surface area (Å²) in [5.74, 6) is -1.10. The molecule has 4 atom stereocenters. The summed E-state index contributed by atoms with van der Waals surface area (Å²) in [6.07, 6.45) is 5.05. The van der Waals surface area contributed by atoms with Gasteiger partial charge in [-0.15, -0.1) is 0 Å². The molecule has 1 aromatic rings. The van der Waals surface area contributed by atoms with Gasteiger partial charge in [0, 0.05) is 18.9 Å². The van der Waals surface area contributed by atoms with Crippen molar-refractivity contribution in [1.29, 1.82) is 0 Å². The molecule has 0 aliphatic heterocycles. The first-order valence-corrected chi connectivity index (χ1v) is 10.1. The maximum Gasteiger partial charge on any atom is 0.303 e. The smallest absolute Gasteiger partial charge is 0.303 e. The number of thiocarbonyl (C=S) groups is 1. The average Bonchev–Trinajstić information content (AvgIpc) is 2.94. The monoisotopic (exact) mass is 407 g/mol. The van der Waals surface area contributed by atoms with Crippen molar-refractivity contribution in [3.05, 3.63) is 48.0 Å². The number of allylic oxidation sites excluding steroid dienone is 2. The van der Waals surface area contributed by atoms with Crippen LogP contribution in [0.4, 0.5) is 0 Å². The van der Waals surface area contributed by atoms with Gasteiger partial charge in [0.1, 0.15) is 0 Å².